The standard InChI is InChI=1S/C20H27N/c1-2-20-12-11-17-16-6-4-3-5-14(16)7-9-18(17)19(20)10-8-15(20)13-21/h5,15,18-19H,2-4,6-12H2,1H3/t15-,18+,19-,20+/m0/s1. The van der Waals surface area contributed by atoms with Crippen LogP contribution in [0.4, 0.5) is 0 Å². The van der Waals surface area contributed by atoms with Gasteiger partial charge in [-0.3, -0.25) is 0 Å². The molecule has 0 bridgehead atoms. The molecule has 4 aliphatic carbocycles. The van der Waals surface area contributed by atoms with Gasteiger partial charge in [0.2, 0.25) is 0 Å². The maximum Gasteiger partial charge on any atom is 0.0661 e. The minimum atomic E-state index is 0.336. The van der Waals surface area contributed by atoms with Gasteiger partial charge in [0, 0.05) is 0 Å². The van der Waals surface area contributed by atoms with Crippen molar-refractivity contribution >= 4 is 0 Å². The highest BCUT2D eigenvalue weighted by molar-refractivity contribution is 5.42. The van der Waals surface area contributed by atoms with Crippen molar-refractivity contribution in [2.75, 3.05) is 0 Å². The Kier molecular flexibility index (Phi) is 3.25. The van der Waals surface area contributed by atoms with Gasteiger partial charge in [-0.05, 0) is 92.6 Å². The van der Waals surface area contributed by atoms with Gasteiger partial charge in [0.15, 0.2) is 0 Å². The van der Waals surface area contributed by atoms with Crippen LogP contribution >= 0.6 is 0 Å². The summed E-state index contributed by atoms with van der Waals surface area (Å²) in [6, 6.07) is 2.68. The summed E-state index contributed by atoms with van der Waals surface area (Å²) in [7, 11) is 0. The van der Waals surface area contributed by atoms with Crippen molar-refractivity contribution in [1.29, 1.82) is 5.26 Å². The number of nitrogens with zero attached hydrogens (tertiary/aromatic N) is 1. The molecular weight excluding hydrogens is 254 g/mol. The Morgan fingerprint density at radius 3 is 2.95 bits per heavy atom. The number of hydrogen-bond acceptors (Lipinski definition) is 1. The fourth-order valence-corrected chi connectivity index (χ4v) is 6.33. The summed E-state index contributed by atoms with van der Waals surface area (Å²) in [4.78, 5) is 0. The van der Waals surface area contributed by atoms with Crippen LogP contribution in [0.2, 0.25) is 0 Å². The van der Waals surface area contributed by atoms with Gasteiger partial charge in [-0.2, -0.15) is 5.26 Å². The topological polar surface area (TPSA) is 23.8 Å². The molecule has 0 aromatic rings. The van der Waals surface area contributed by atoms with E-state index in [2.05, 4.69) is 19.1 Å². The van der Waals surface area contributed by atoms with Gasteiger partial charge in [-0.1, -0.05) is 18.6 Å². The van der Waals surface area contributed by atoms with Gasteiger partial charge in [-0.25, -0.2) is 0 Å². The zero-order valence-electron chi connectivity index (χ0n) is 13.3. The van der Waals surface area contributed by atoms with E-state index in [1.807, 2.05) is 5.57 Å². The highest BCUT2D eigenvalue weighted by atomic mass is 14.6. The van der Waals surface area contributed by atoms with Gasteiger partial charge < -0.3 is 0 Å². The summed E-state index contributed by atoms with van der Waals surface area (Å²) >= 11 is 0. The lowest BCUT2D eigenvalue weighted by atomic mass is 9.54. The Hall–Kier alpha value is -1.03. The van der Waals surface area contributed by atoms with E-state index in [0.29, 0.717) is 11.3 Å². The van der Waals surface area contributed by atoms with Gasteiger partial charge in [0.05, 0.1) is 12.0 Å². The van der Waals surface area contributed by atoms with Crippen molar-refractivity contribution in [3.8, 4) is 6.07 Å². The third-order valence-electron chi connectivity index (χ3n) is 7.33. The molecule has 1 heteroatoms. The van der Waals surface area contributed by atoms with Crippen LogP contribution in [-0.4, -0.2) is 0 Å². The summed E-state index contributed by atoms with van der Waals surface area (Å²) in [6.07, 6.45) is 15.5. The summed E-state index contributed by atoms with van der Waals surface area (Å²) in [5.74, 6) is 1.97. The van der Waals surface area contributed by atoms with Crippen LogP contribution in [0.15, 0.2) is 22.8 Å². The van der Waals surface area contributed by atoms with Gasteiger partial charge >= 0.3 is 0 Å². The third kappa shape index (κ3) is 1.81. The van der Waals surface area contributed by atoms with Crippen LogP contribution in [0, 0.1) is 34.5 Å². The smallest absolute Gasteiger partial charge is 0.0661 e. The maximum atomic E-state index is 9.61. The molecule has 0 heterocycles. The summed E-state index contributed by atoms with van der Waals surface area (Å²) < 4.78 is 0. The first-order chi connectivity index (χ1) is 10.3. The molecule has 0 aliphatic heterocycles. The molecule has 0 amide bonds. The second-order valence-corrected chi connectivity index (χ2v) is 7.72. The third-order valence-corrected chi connectivity index (χ3v) is 7.33. The Morgan fingerprint density at radius 1 is 1.24 bits per heavy atom. The number of nitriles is 1. The predicted octanol–water partition coefficient (Wildman–Crippen LogP) is 5.54. The Balaban J connectivity index is 1.74. The van der Waals surface area contributed by atoms with Crippen molar-refractivity contribution in [1.82, 2.24) is 0 Å². The average molecular weight is 281 g/mol. The van der Waals surface area contributed by atoms with E-state index in [0.717, 1.165) is 18.3 Å². The van der Waals surface area contributed by atoms with Crippen LogP contribution in [-0.2, 0) is 0 Å². The van der Waals surface area contributed by atoms with E-state index < -0.39 is 0 Å². The monoisotopic (exact) mass is 281 g/mol. The molecule has 2 fully saturated rings. The highest BCUT2D eigenvalue weighted by Gasteiger charge is 2.55. The highest BCUT2D eigenvalue weighted by Crippen LogP contribution is 2.63. The minimum Gasteiger partial charge on any atom is -0.198 e. The molecule has 0 N–H and O–H groups in total. The molecule has 112 valence electrons. The van der Waals surface area contributed by atoms with E-state index in [9.17, 15) is 5.26 Å². The Morgan fingerprint density at radius 2 is 2.14 bits per heavy atom. The summed E-state index contributed by atoms with van der Waals surface area (Å²) in [5.41, 5.74) is 5.66. The van der Waals surface area contributed by atoms with Crippen molar-refractivity contribution in [2.45, 2.75) is 71.1 Å². The average Bonchev–Trinajstić information content (AvgIpc) is 2.93. The largest absolute Gasteiger partial charge is 0.198 e. The van der Waals surface area contributed by atoms with Crippen molar-refractivity contribution in [3.05, 3.63) is 22.8 Å². The minimum absolute atomic E-state index is 0.336. The summed E-state index contributed by atoms with van der Waals surface area (Å²) in [6.45, 7) is 2.34. The Bertz CT molecular complexity index is 547. The van der Waals surface area contributed by atoms with Crippen LogP contribution in [0.1, 0.15) is 71.1 Å². The number of rotatable bonds is 1. The van der Waals surface area contributed by atoms with Crippen LogP contribution in [0.3, 0.4) is 0 Å². The fourth-order valence-electron chi connectivity index (χ4n) is 6.33. The van der Waals surface area contributed by atoms with Gasteiger partial charge in [0.1, 0.15) is 0 Å². The van der Waals surface area contributed by atoms with Gasteiger partial charge in [0.25, 0.3) is 0 Å². The second-order valence-electron chi connectivity index (χ2n) is 7.72. The first kappa shape index (κ1) is 13.6. The molecule has 0 aromatic heterocycles. The molecular formula is C20H27N. The van der Waals surface area contributed by atoms with Crippen molar-refractivity contribution < 1.29 is 0 Å². The number of allylic oxidation sites excluding steroid dienone is 4. The molecule has 0 saturated heterocycles. The first-order valence-electron chi connectivity index (χ1n) is 9.11. The van der Waals surface area contributed by atoms with Crippen molar-refractivity contribution in [3.63, 3.8) is 0 Å². The zero-order chi connectivity index (χ0) is 14.4. The molecule has 0 aromatic carbocycles. The first-order valence-corrected chi connectivity index (χ1v) is 9.11. The van der Waals surface area contributed by atoms with E-state index in [-0.39, 0.29) is 0 Å². The normalized spacial score (nSPS) is 41.7. The SMILES string of the molecule is CC[C@]12CCC3=C4CCCC=C4CC[C@H]3[C@@H]1CC[C@H]2C#N. The molecule has 4 rings (SSSR count). The lowest BCUT2D eigenvalue weighted by molar-refractivity contribution is 0.0696. The zero-order valence-corrected chi connectivity index (χ0v) is 13.3. The molecule has 1 nitrogen and oxygen atoms in total. The van der Waals surface area contributed by atoms with Crippen LogP contribution in [0.25, 0.3) is 0 Å². The van der Waals surface area contributed by atoms with E-state index >= 15 is 0 Å². The second kappa shape index (κ2) is 5.01. The molecule has 0 spiro atoms. The summed E-state index contributed by atoms with van der Waals surface area (Å²) in [5, 5.41) is 9.61. The van der Waals surface area contributed by atoms with Gasteiger partial charge in [-0.15, -0.1) is 0 Å². The van der Waals surface area contributed by atoms with E-state index in [4.69, 9.17) is 0 Å². The molecule has 0 radical (unpaired) electrons. The maximum absolute atomic E-state index is 9.61. The van der Waals surface area contributed by atoms with E-state index in [1.54, 1.807) is 11.1 Å². The van der Waals surface area contributed by atoms with Crippen LogP contribution in [0.5, 0.6) is 0 Å². The fraction of sp³-hybridized carbons (Fsp3) is 0.750. The molecule has 2 saturated carbocycles. The number of hydrogen-bond donors (Lipinski definition) is 0. The van der Waals surface area contributed by atoms with Crippen molar-refractivity contribution in [2.24, 2.45) is 23.2 Å². The lowest BCUT2D eigenvalue weighted by Crippen LogP contribution is -2.41. The molecule has 0 unspecified atom stereocenters. The molecule has 4 atom stereocenters. The molecule has 21 heavy (non-hydrogen) atoms. The quantitative estimate of drug-likeness (QED) is 0.618. The predicted molar refractivity (Wildman–Crippen MR) is 85.5 cm³/mol. The number of fused-ring (bicyclic) bond motifs is 4. The Labute approximate surface area is 129 Å². The lowest BCUT2D eigenvalue weighted by Gasteiger charge is -2.49. The van der Waals surface area contributed by atoms with E-state index in [1.165, 1.54) is 57.8 Å². The molecule has 4 aliphatic rings. The van der Waals surface area contributed by atoms with Crippen LogP contribution < -0.4 is 0 Å².